The lowest BCUT2D eigenvalue weighted by Gasteiger charge is -2.34. The maximum absolute atomic E-state index is 12.7. The number of aromatic nitrogens is 2. The molecule has 0 amide bonds. The first-order chi connectivity index (χ1) is 10.1. The SMILES string of the molecule is COC1CC(n2c(=O)[nH]c(Cl)c(-c3ccccc3)c2=O)C1. The van der Waals surface area contributed by atoms with Crippen molar-refractivity contribution in [2.75, 3.05) is 7.11 Å². The van der Waals surface area contributed by atoms with E-state index in [-0.39, 0.29) is 22.9 Å². The van der Waals surface area contributed by atoms with Gasteiger partial charge in [-0.2, -0.15) is 0 Å². The van der Waals surface area contributed by atoms with Gasteiger partial charge in [-0.1, -0.05) is 41.9 Å². The number of hydrogen-bond donors (Lipinski definition) is 1. The summed E-state index contributed by atoms with van der Waals surface area (Å²) in [6, 6.07) is 8.96. The van der Waals surface area contributed by atoms with Gasteiger partial charge in [-0.3, -0.25) is 14.3 Å². The summed E-state index contributed by atoms with van der Waals surface area (Å²) < 4.78 is 6.46. The van der Waals surface area contributed by atoms with Crippen molar-refractivity contribution in [3.63, 3.8) is 0 Å². The van der Waals surface area contributed by atoms with E-state index >= 15 is 0 Å². The van der Waals surface area contributed by atoms with Crippen molar-refractivity contribution in [3.8, 4) is 11.1 Å². The fourth-order valence-corrected chi connectivity index (χ4v) is 2.92. The molecule has 0 radical (unpaired) electrons. The Hall–Kier alpha value is -1.85. The van der Waals surface area contributed by atoms with Gasteiger partial charge in [0.25, 0.3) is 5.56 Å². The number of ether oxygens (including phenoxy) is 1. The van der Waals surface area contributed by atoms with Gasteiger partial charge < -0.3 is 4.74 Å². The molecule has 2 aromatic rings. The van der Waals surface area contributed by atoms with Crippen LogP contribution in [0, 0.1) is 0 Å². The Morgan fingerprint density at radius 2 is 1.90 bits per heavy atom. The summed E-state index contributed by atoms with van der Waals surface area (Å²) in [6.45, 7) is 0. The zero-order valence-corrected chi connectivity index (χ0v) is 12.3. The molecule has 0 aliphatic heterocycles. The molecular weight excluding hydrogens is 292 g/mol. The second-order valence-corrected chi connectivity index (χ2v) is 5.52. The van der Waals surface area contributed by atoms with Gasteiger partial charge in [-0.05, 0) is 18.4 Å². The first-order valence-electron chi connectivity index (χ1n) is 6.74. The molecule has 3 rings (SSSR count). The first kappa shape index (κ1) is 14.1. The van der Waals surface area contributed by atoms with Crippen LogP contribution in [0.2, 0.25) is 5.15 Å². The molecule has 1 aromatic heterocycles. The second kappa shape index (κ2) is 5.50. The maximum Gasteiger partial charge on any atom is 0.329 e. The molecule has 1 heterocycles. The van der Waals surface area contributed by atoms with Gasteiger partial charge in [-0.15, -0.1) is 0 Å². The molecule has 0 unspecified atom stereocenters. The van der Waals surface area contributed by atoms with Crippen molar-refractivity contribution in [3.05, 3.63) is 56.3 Å². The van der Waals surface area contributed by atoms with E-state index in [0.717, 1.165) is 0 Å². The predicted molar refractivity (Wildman–Crippen MR) is 80.8 cm³/mol. The quantitative estimate of drug-likeness (QED) is 0.884. The van der Waals surface area contributed by atoms with Gasteiger partial charge in [0, 0.05) is 13.2 Å². The third-order valence-corrected chi connectivity index (χ3v) is 4.20. The predicted octanol–water partition coefficient (Wildman–Crippen LogP) is 2.21. The highest BCUT2D eigenvalue weighted by Gasteiger charge is 2.33. The molecule has 21 heavy (non-hydrogen) atoms. The molecule has 1 aromatic carbocycles. The highest BCUT2D eigenvalue weighted by atomic mass is 35.5. The van der Waals surface area contributed by atoms with Gasteiger partial charge >= 0.3 is 5.69 Å². The number of hydrogen-bond acceptors (Lipinski definition) is 3. The molecule has 1 saturated carbocycles. The van der Waals surface area contributed by atoms with Crippen LogP contribution in [-0.4, -0.2) is 22.8 Å². The normalized spacial score (nSPS) is 21.0. The molecule has 5 nitrogen and oxygen atoms in total. The fourth-order valence-electron chi connectivity index (χ4n) is 2.65. The van der Waals surface area contributed by atoms with Crippen LogP contribution in [0.3, 0.4) is 0 Å². The Labute approximate surface area is 126 Å². The molecule has 110 valence electrons. The minimum atomic E-state index is -0.468. The monoisotopic (exact) mass is 306 g/mol. The Bertz CT molecular complexity index is 761. The average molecular weight is 307 g/mol. The topological polar surface area (TPSA) is 64.1 Å². The number of rotatable bonds is 3. The molecule has 0 spiro atoms. The van der Waals surface area contributed by atoms with E-state index < -0.39 is 5.69 Å². The molecule has 6 heteroatoms. The van der Waals surface area contributed by atoms with Crippen LogP contribution in [0.1, 0.15) is 18.9 Å². The lowest BCUT2D eigenvalue weighted by atomic mass is 9.89. The second-order valence-electron chi connectivity index (χ2n) is 5.14. The Morgan fingerprint density at radius 1 is 1.24 bits per heavy atom. The van der Waals surface area contributed by atoms with Crippen molar-refractivity contribution in [2.24, 2.45) is 0 Å². The standard InChI is InChI=1S/C15H15ClN2O3/c1-21-11-7-10(8-11)18-14(19)12(13(16)17-15(18)20)9-5-3-2-4-6-9/h2-6,10-11H,7-8H2,1H3,(H,17,20). The summed E-state index contributed by atoms with van der Waals surface area (Å²) in [5.74, 6) is 0. The van der Waals surface area contributed by atoms with E-state index in [9.17, 15) is 9.59 Å². The Balaban J connectivity index is 2.11. The van der Waals surface area contributed by atoms with E-state index in [4.69, 9.17) is 16.3 Å². The van der Waals surface area contributed by atoms with E-state index in [1.54, 1.807) is 19.2 Å². The molecular formula is C15H15ClN2O3. The fraction of sp³-hybridized carbons (Fsp3) is 0.333. The third-order valence-electron chi connectivity index (χ3n) is 3.92. The molecule has 1 aliphatic carbocycles. The summed E-state index contributed by atoms with van der Waals surface area (Å²) in [5, 5.41) is 0.0788. The number of methoxy groups -OCH3 is 1. The number of halogens is 1. The van der Waals surface area contributed by atoms with Crippen LogP contribution in [-0.2, 0) is 4.74 Å². The number of benzene rings is 1. The van der Waals surface area contributed by atoms with E-state index in [0.29, 0.717) is 24.0 Å². The number of H-pyrrole nitrogens is 1. The van der Waals surface area contributed by atoms with Crippen molar-refractivity contribution in [2.45, 2.75) is 25.0 Å². The van der Waals surface area contributed by atoms with Crippen LogP contribution >= 0.6 is 11.6 Å². The summed E-state index contributed by atoms with van der Waals surface area (Å²) in [5.41, 5.74) is 0.205. The molecule has 0 bridgehead atoms. The lowest BCUT2D eigenvalue weighted by Crippen LogP contribution is -2.45. The zero-order chi connectivity index (χ0) is 15.0. The third kappa shape index (κ3) is 2.43. The van der Waals surface area contributed by atoms with Crippen LogP contribution in [0.25, 0.3) is 11.1 Å². The highest BCUT2D eigenvalue weighted by molar-refractivity contribution is 6.32. The van der Waals surface area contributed by atoms with E-state index in [1.165, 1.54) is 4.57 Å². The van der Waals surface area contributed by atoms with Crippen molar-refractivity contribution >= 4 is 11.6 Å². The largest absolute Gasteiger partial charge is 0.381 e. The lowest BCUT2D eigenvalue weighted by molar-refractivity contribution is 0.00390. The molecule has 0 atom stereocenters. The molecule has 1 aliphatic rings. The summed E-state index contributed by atoms with van der Waals surface area (Å²) >= 11 is 6.07. The number of aromatic amines is 1. The van der Waals surface area contributed by atoms with Crippen molar-refractivity contribution < 1.29 is 4.74 Å². The van der Waals surface area contributed by atoms with Crippen LogP contribution in [0.15, 0.2) is 39.9 Å². The zero-order valence-electron chi connectivity index (χ0n) is 11.5. The van der Waals surface area contributed by atoms with Crippen LogP contribution in [0.4, 0.5) is 0 Å². The summed E-state index contributed by atoms with van der Waals surface area (Å²) in [7, 11) is 1.63. The average Bonchev–Trinajstić information content (AvgIpc) is 2.42. The van der Waals surface area contributed by atoms with Gasteiger partial charge in [0.15, 0.2) is 0 Å². The Morgan fingerprint density at radius 3 is 2.52 bits per heavy atom. The minimum Gasteiger partial charge on any atom is -0.381 e. The molecule has 1 fully saturated rings. The summed E-state index contributed by atoms with van der Waals surface area (Å²) in [4.78, 5) is 27.3. The Kier molecular flexibility index (Phi) is 3.69. The van der Waals surface area contributed by atoms with Gasteiger partial charge in [0.05, 0.1) is 11.7 Å². The van der Waals surface area contributed by atoms with Crippen molar-refractivity contribution in [1.29, 1.82) is 0 Å². The van der Waals surface area contributed by atoms with Crippen LogP contribution in [0.5, 0.6) is 0 Å². The molecule has 1 N–H and O–H groups in total. The number of nitrogens with one attached hydrogen (secondary N) is 1. The van der Waals surface area contributed by atoms with Gasteiger partial charge in [-0.25, -0.2) is 4.79 Å². The minimum absolute atomic E-state index is 0.0788. The smallest absolute Gasteiger partial charge is 0.329 e. The van der Waals surface area contributed by atoms with Crippen LogP contribution < -0.4 is 11.2 Å². The highest BCUT2D eigenvalue weighted by Crippen LogP contribution is 2.32. The van der Waals surface area contributed by atoms with E-state index in [1.807, 2.05) is 18.2 Å². The maximum atomic E-state index is 12.7. The van der Waals surface area contributed by atoms with Gasteiger partial charge in [0.2, 0.25) is 0 Å². The first-order valence-corrected chi connectivity index (χ1v) is 7.12. The van der Waals surface area contributed by atoms with Gasteiger partial charge in [0.1, 0.15) is 5.15 Å². The molecule has 0 saturated heterocycles. The van der Waals surface area contributed by atoms with E-state index in [2.05, 4.69) is 4.98 Å². The summed E-state index contributed by atoms with van der Waals surface area (Å²) in [6.07, 6.45) is 1.43. The van der Waals surface area contributed by atoms with Crippen molar-refractivity contribution in [1.82, 2.24) is 9.55 Å². The number of nitrogens with zero attached hydrogens (tertiary/aromatic N) is 1.